The monoisotopic (exact) mass is 275 g/mol. The molecule has 2 atom stereocenters. The molecular formula is C16H18FNO2. The van der Waals surface area contributed by atoms with Gasteiger partial charge >= 0.3 is 0 Å². The molecule has 0 aliphatic carbocycles. The topological polar surface area (TPSA) is 34.4 Å². The van der Waals surface area contributed by atoms with Crippen molar-refractivity contribution in [1.29, 1.82) is 0 Å². The number of aryl methyl sites for hydroxylation is 1. The molecule has 20 heavy (non-hydrogen) atoms. The molecule has 3 nitrogen and oxygen atoms in total. The lowest BCUT2D eigenvalue weighted by Gasteiger charge is -2.15. The molecule has 106 valence electrons. The van der Waals surface area contributed by atoms with Crippen LogP contribution < -0.4 is 10.1 Å². The number of fused-ring (bicyclic) bond motifs is 1. The maximum absolute atomic E-state index is 13.1. The Morgan fingerprint density at radius 3 is 2.95 bits per heavy atom. The molecule has 0 fully saturated rings. The minimum absolute atomic E-state index is 0.0466. The normalized spacial score (nSPS) is 18.6. The molecule has 1 N–H and O–H groups in total. The molecule has 1 aliphatic rings. The van der Waals surface area contributed by atoms with Crippen LogP contribution in [0, 0.1) is 12.7 Å². The smallest absolute Gasteiger partial charge is 0.123 e. The van der Waals surface area contributed by atoms with Crippen molar-refractivity contribution in [1.82, 2.24) is 5.32 Å². The summed E-state index contributed by atoms with van der Waals surface area (Å²) < 4.78 is 24.5. The molecule has 2 heterocycles. The second-order valence-electron chi connectivity index (χ2n) is 5.27. The molecule has 1 aliphatic heterocycles. The zero-order valence-electron chi connectivity index (χ0n) is 11.7. The van der Waals surface area contributed by atoms with Crippen LogP contribution in [-0.2, 0) is 6.42 Å². The number of nitrogens with one attached hydrogen (secondary N) is 1. The van der Waals surface area contributed by atoms with E-state index in [4.69, 9.17) is 9.15 Å². The van der Waals surface area contributed by atoms with Crippen molar-refractivity contribution in [2.75, 3.05) is 6.54 Å². The maximum atomic E-state index is 13.1. The van der Waals surface area contributed by atoms with Gasteiger partial charge in [-0.2, -0.15) is 0 Å². The summed E-state index contributed by atoms with van der Waals surface area (Å²) in [6.07, 6.45) is 0.787. The second-order valence-corrected chi connectivity index (χ2v) is 5.27. The fourth-order valence-electron chi connectivity index (χ4n) is 2.50. The number of hydrogen-bond donors (Lipinski definition) is 1. The molecule has 2 aromatic rings. The summed E-state index contributed by atoms with van der Waals surface area (Å²) in [4.78, 5) is 0. The van der Waals surface area contributed by atoms with Crippen LogP contribution in [0.25, 0.3) is 0 Å². The highest BCUT2D eigenvalue weighted by Crippen LogP contribution is 2.29. The number of furan rings is 1. The molecule has 0 bridgehead atoms. The Kier molecular flexibility index (Phi) is 3.49. The standard InChI is InChI=1S/C16H18FNO2/c1-10-3-5-15(19-10)11(2)18-9-14-8-12-7-13(17)4-6-16(12)20-14/h3-7,11,14,18H,8-9H2,1-2H3. The molecule has 0 saturated heterocycles. The predicted molar refractivity (Wildman–Crippen MR) is 74.4 cm³/mol. The highest BCUT2D eigenvalue weighted by atomic mass is 19.1. The van der Waals surface area contributed by atoms with Crippen molar-refractivity contribution < 1.29 is 13.5 Å². The van der Waals surface area contributed by atoms with Crippen molar-refractivity contribution in [3.8, 4) is 5.75 Å². The van der Waals surface area contributed by atoms with Crippen molar-refractivity contribution in [3.05, 3.63) is 53.2 Å². The number of benzene rings is 1. The van der Waals surface area contributed by atoms with Gasteiger partial charge in [-0.3, -0.25) is 0 Å². The van der Waals surface area contributed by atoms with Gasteiger partial charge in [0, 0.05) is 18.5 Å². The summed E-state index contributed by atoms with van der Waals surface area (Å²) in [5.41, 5.74) is 0.943. The summed E-state index contributed by atoms with van der Waals surface area (Å²) in [6, 6.07) is 8.75. The lowest BCUT2D eigenvalue weighted by molar-refractivity contribution is 0.220. The van der Waals surface area contributed by atoms with Crippen LogP contribution in [0.4, 0.5) is 4.39 Å². The van der Waals surface area contributed by atoms with E-state index in [0.717, 1.165) is 29.3 Å². The van der Waals surface area contributed by atoms with Crippen LogP contribution in [-0.4, -0.2) is 12.6 Å². The van der Waals surface area contributed by atoms with Gasteiger partial charge in [-0.15, -0.1) is 0 Å². The molecule has 3 rings (SSSR count). The third kappa shape index (κ3) is 2.70. The highest BCUT2D eigenvalue weighted by molar-refractivity contribution is 5.37. The van der Waals surface area contributed by atoms with E-state index < -0.39 is 0 Å². The van der Waals surface area contributed by atoms with E-state index in [2.05, 4.69) is 12.2 Å². The second kappa shape index (κ2) is 5.29. The average molecular weight is 275 g/mol. The summed E-state index contributed by atoms with van der Waals surface area (Å²) in [5.74, 6) is 2.41. The van der Waals surface area contributed by atoms with E-state index in [0.29, 0.717) is 6.54 Å². The lowest BCUT2D eigenvalue weighted by Crippen LogP contribution is -2.31. The molecule has 2 unspecified atom stereocenters. The molecule has 0 saturated carbocycles. The first-order chi connectivity index (χ1) is 9.61. The van der Waals surface area contributed by atoms with E-state index in [1.54, 1.807) is 12.1 Å². The molecule has 0 radical (unpaired) electrons. The van der Waals surface area contributed by atoms with Gasteiger partial charge in [-0.05, 0) is 44.2 Å². The molecule has 1 aromatic heterocycles. The molecule has 1 aromatic carbocycles. The minimum atomic E-state index is -0.208. The number of ether oxygens (including phenoxy) is 1. The van der Waals surface area contributed by atoms with E-state index in [1.165, 1.54) is 6.07 Å². The van der Waals surface area contributed by atoms with Gasteiger partial charge in [0.15, 0.2) is 0 Å². The Morgan fingerprint density at radius 2 is 2.20 bits per heavy atom. The van der Waals surface area contributed by atoms with Crippen molar-refractivity contribution in [2.24, 2.45) is 0 Å². The van der Waals surface area contributed by atoms with Crippen LogP contribution in [0.2, 0.25) is 0 Å². The van der Waals surface area contributed by atoms with Crippen molar-refractivity contribution in [3.63, 3.8) is 0 Å². The Hall–Kier alpha value is -1.81. The van der Waals surface area contributed by atoms with Crippen LogP contribution in [0.1, 0.15) is 30.0 Å². The van der Waals surface area contributed by atoms with Gasteiger partial charge in [0.1, 0.15) is 29.2 Å². The van der Waals surface area contributed by atoms with E-state index in [-0.39, 0.29) is 18.0 Å². The van der Waals surface area contributed by atoms with E-state index >= 15 is 0 Å². The summed E-state index contributed by atoms with van der Waals surface area (Å²) in [6.45, 7) is 4.69. The van der Waals surface area contributed by atoms with Crippen molar-refractivity contribution in [2.45, 2.75) is 32.4 Å². The first kappa shape index (κ1) is 13.2. The maximum Gasteiger partial charge on any atom is 0.123 e. The lowest BCUT2D eigenvalue weighted by atomic mass is 10.1. The van der Waals surface area contributed by atoms with E-state index in [9.17, 15) is 4.39 Å². The van der Waals surface area contributed by atoms with Crippen LogP contribution in [0.3, 0.4) is 0 Å². The summed E-state index contributed by atoms with van der Waals surface area (Å²) >= 11 is 0. The fraction of sp³-hybridized carbons (Fsp3) is 0.375. The number of halogens is 1. The number of hydrogen-bond acceptors (Lipinski definition) is 3. The van der Waals surface area contributed by atoms with Crippen LogP contribution >= 0.6 is 0 Å². The SMILES string of the molecule is Cc1ccc(C(C)NCC2Cc3cc(F)ccc3O2)o1. The fourth-order valence-corrected chi connectivity index (χ4v) is 2.50. The minimum Gasteiger partial charge on any atom is -0.488 e. The quantitative estimate of drug-likeness (QED) is 0.929. The molecular weight excluding hydrogens is 257 g/mol. The first-order valence-electron chi connectivity index (χ1n) is 6.86. The van der Waals surface area contributed by atoms with Gasteiger partial charge in [-0.25, -0.2) is 4.39 Å². The zero-order chi connectivity index (χ0) is 14.1. The van der Waals surface area contributed by atoms with Crippen molar-refractivity contribution >= 4 is 0 Å². The zero-order valence-corrected chi connectivity index (χ0v) is 11.7. The van der Waals surface area contributed by atoms with Gasteiger partial charge in [0.05, 0.1) is 6.04 Å². The average Bonchev–Trinajstić information content (AvgIpc) is 3.01. The highest BCUT2D eigenvalue weighted by Gasteiger charge is 2.23. The predicted octanol–water partition coefficient (Wildman–Crippen LogP) is 3.38. The Morgan fingerprint density at radius 1 is 1.35 bits per heavy atom. The first-order valence-corrected chi connectivity index (χ1v) is 6.86. The van der Waals surface area contributed by atoms with Gasteiger partial charge in [-0.1, -0.05) is 0 Å². The third-order valence-electron chi connectivity index (χ3n) is 3.60. The molecule has 0 amide bonds. The summed E-state index contributed by atoms with van der Waals surface area (Å²) in [7, 11) is 0. The Balaban J connectivity index is 1.56. The summed E-state index contributed by atoms with van der Waals surface area (Å²) in [5, 5.41) is 3.39. The van der Waals surface area contributed by atoms with Crippen LogP contribution in [0.15, 0.2) is 34.7 Å². The van der Waals surface area contributed by atoms with Gasteiger partial charge < -0.3 is 14.5 Å². The number of rotatable bonds is 4. The molecule has 4 heteroatoms. The Bertz CT molecular complexity index is 608. The van der Waals surface area contributed by atoms with Gasteiger partial charge in [0.25, 0.3) is 0 Å². The third-order valence-corrected chi connectivity index (χ3v) is 3.60. The van der Waals surface area contributed by atoms with Gasteiger partial charge in [0.2, 0.25) is 0 Å². The van der Waals surface area contributed by atoms with E-state index in [1.807, 2.05) is 19.1 Å². The van der Waals surface area contributed by atoms with Crippen LogP contribution in [0.5, 0.6) is 5.75 Å². The molecule has 0 spiro atoms. The Labute approximate surface area is 117 Å². The largest absolute Gasteiger partial charge is 0.488 e.